The van der Waals surface area contributed by atoms with Crippen LogP contribution in [0.2, 0.25) is 0 Å². The monoisotopic (exact) mass is 308 g/mol. The van der Waals surface area contributed by atoms with E-state index < -0.39 is 17.4 Å². The van der Waals surface area contributed by atoms with Crippen LogP contribution in [0.4, 0.5) is 0 Å². The summed E-state index contributed by atoms with van der Waals surface area (Å²) >= 11 is 0. The molecule has 22 heavy (non-hydrogen) atoms. The number of hydrogen-bond acceptors (Lipinski definition) is 7. The van der Waals surface area contributed by atoms with Gasteiger partial charge in [-0.25, -0.2) is 0 Å². The maximum Gasteiger partial charge on any atom is 0.342 e. The van der Waals surface area contributed by atoms with Gasteiger partial charge >= 0.3 is 5.79 Å². The van der Waals surface area contributed by atoms with Crippen molar-refractivity contribution in [2.75, 3.05) is 21.3 Å². The zero-order valence-corrected chi connectivity index (χ0v) is 12.4. The molecule has 0 radical (unpaired) electrons. The highest BCUT2D eigenvalue weighted by Gasteiger charge is 2.67. The molecule has 1 heterocycles. The Morgan fingerprint density at radius 1 is 1.14 bits per heavy atom. The lowest BCUT2D eigenvalue weighted by atomic mass is 9.89. The second-order valence-corrected chi connectivity index (χ2v) is 4.97. The Bertz CT molecular complexity index is 653. The van der Waals surface area contributed by atoms with E-state index in [0.717, 1.165) is 0 Å². The quantitative estimate of drug-likeness (QED) is 0.902. The highest BCUT2D eigenvalue weighted by Crippen LogP contribution is 2.50. The Hall–Kier alpha value is -2.25. The minimum atomic E-state index is -1.78. The maximum absolute atomic E-state index is 12.6. The van der Waals surface area contributed by atoms with Crippen LogP contribution >= 0.6 is 0 Å². The lowest BCUT2D eigenvalue weighted by Gasteiger charge is -2.50. The number of fused-ring (bicyclic) bond motifs is 2. The van der Waals surface area contributed by atoms with E-state index in [-0.39, 0.29) is 23.7 Å². The van der Waals surface area contributed by atoms with E-state index >= 15 is 0 Å². The highest BCUT2D eigenvalue weighted by atomic mass is 16.8. The third-order valence-corrected chi connectivity index (χ3v) is 3.86. The largest absolute Gasteiger partial charge is 0.508 e. The van der Waals surface area contributed by atoms with E-state index in [4.69, 9.17) is 23.7 Å². The van der Waals surface area contributed by atoms with E-state index in [0.29, 0.717) is 5.76 Å². The van der Waals surface area contributed by atoms with E-state index in [1.165, 1.54) is 45.6 Å². The summed E-state index contributed by atoms with van der Waals surface area (Å²) in [7, 11) is 4.18. The third-order valence-electron chi connectivity index (χ3n) is 3.86. The van der Waals surface area contributed by atoms with Crippen molar-refractivity contribution in [3.8, 4) is 17.2 Å². The molecule has 2 atom stereocenters. The van der Waals surface area contributed by atoms with Gasteiger partial charge in [0.05, 0.1) is 13.5 Å². The average molecular weight is 308 g/mol. The number of carbonyl (C=O) groups excluding carboxylic acids is 1. The number of ketones is 1. The fourth-order valence-electron chi connectivity index (χ4n) is 2.73. The number of phenols is 1. The van der Waals surface area contributed by atoms with Gasteiger partial charge in [0.25, 0.3) is 5.79 Å². The molecule has 0 unspecified atom stereocenters. The van der Waals surface area contributed by atoms with Gasteiger partial charge in [0.1, 0.15) is 11.5 Å². The molecule has 0 spiro atoms. The molecule has 2 aliphatic rings. The molecule has 7 nitrogen and oxygen atoms in total. The first kappa shape index (κ1) is 14.7. The SMILES string of the molecule is COC1=CC(=O)[C@]2(OC)Oc3ccc(O)cc3O[C@@]2(OC)C1. The first-order valence-corrected chi connectivity index (χ1v) is 6.60. The van der Waals surface area contributed by atoms with Gasteiger partial charge in [-0.15, -0.1) is 0 Å². The molecule has 0 fully saturated rings. The van der Waals surface area contributed by atoms with Crippen LogP contribution in [0.1, 0.15) is 6.42 Å². The van der Waals surface area contributed by atoms with Crippen molar-refractivity contribution in [3.63, 3.8) is 0 Å². The smallest absolute Gasteiger partial charge is 0.342 e. The molecule has 0 aromatic heterocycles. The number of hydrogen-bond donors (Lipinski definition) is 1. The van der Waals surface area contributed by atoms with Gasteiger partial charge in [0, 0.05) is 26.4 Å². The first-order valence-electron chi connectivity index (χ1n) is 6.60. The molecular formula is C15H16O7. The number of benzene rings is 1. The summed E-state index contributed by atoms with van der Waals surface area (Å²) in [5.41, 5.74) is 0. The van der Waals surface area contributed by atoms with Gasteiger partial charge in [-0.1, -0.05) is 0 Å². The Morgan fingerprint density at radius 3 is 2.55 bits per heavy atom. The Kier molecular flexibility index (Phi) is 3.26. The van der Waals surface area contributed by atoms with Crippen molar-refractivity contribution in [1.82, 2.24) is 0 Å². The van der Waals surface area contributed by atoms with Crippen molar-refractivity contribution in [2.45, 2.75) is 18.0 Å². The summed E-state index contributed by atoms with van der Waals surface area (Å²) in [6.07, 6.45) is 1.41. The molecule has 0 bridgehead atoms. The minimum absolute atomic E-state index is 0.00293. The maximum atomic E-state index is 12.6. The predicted octanol–water partition coefficient (Wildman–Crippen LogP) is 1.35. The molecule has 1 aromatic rings. The van der Waals surface area contributed by atoms with E-state index in [2.05, 4.69) is 0 Å². The van der Waals surface area contributed by atoms with Crippen LogP contribution in [0.5, 0.6) is 17.2 Å². The number of ether oxygens (including phenoxy) is 5. The average Bonchev–Trinajstić information content (AvgIpc) is 2.52. The van der Waals surface area contributed by atoms with Crippen LogP contribution in [0.25, 0.3) is 0 Å². The van der Waals surface area contributed by atoms with Gasteiger partial charge in [-0.2, -0.15) is 0 Å². The molecule has 0 saturated heterocycles. The molecule has 1 aliphatic carbocycles. The zero-order chi connectivity index (χ0) is 16.0. The number of methoxy groups -OCH3 is 3. The second-order valence-electron chi connectivity index (χ2n) is 4.97. The standard InChI is InChI=1S/C15H16O7/c1-18-10-7-13(17)15(20-3)14(8-10,19-2)21-12-6-9(16)4-5-11(12)22-15/h4-7,16H,8H2,1-3H3/t14-,15-/m0/s1. The summed E-state index contributed by atoms with van der Waals surface area (Å²) in [5.74, 6) is -2.92. The van der Waals surface area contributed by atoms with Crippen molar-refractivity contribution >= 4 is 5.78 Å². The van der Waals surface area contributed by atoms with Crippen LogP contribution in [0.15, 0.2) is 30.0 Å². The van der Waals surface area contributed by atoms with E-state index in [9.17, 15) is 9.90 Å². The number of phenolic OH excluding ortho intramolecular Hbond substituents is 1. The molecule has 1 N–H and O–H groups in total. The fourth-order valence-corrected chi connectivity index (χ4v) is 2.73. The zero-order valence-electron chi connectivity index (χ0n) is 12.4. The van der Waals surface area contributed by atoms with Crippen LogP contribution in [0, 0.1) is 0 Å². The summed E-state index contributed by atoms with van der Waals surface area (Å²) in [6, 6.07) is 4.30. The number of rotatable bonds is 3. The fraction of sp³-hybridized carbons (Fsp3) is 0.400. The van der Waals surface area contributed by atoms with Gasteiger partial charge < -0.3 is 28.8 Å². The Morgan fingerprint density at radius 2 is 1.91 bits per heavy atom. The van der Waals surface area contributed by atoms with Crippen LogP contribution < -0.4 is 9.47 Å². The van der Waals surface area contributed by atoms with E-state index in [1.807, 2.05) is 0 Å². The molecule has 1 aromatic carbocycles. The summed E-state index contributed by atoms with van der Waals surface area (Å²) < 4.78 is 27.7. The van der Waals surface area contributed by atoms with Gasteiger partial charge in [0.2, 0.25) is 5.78 Å². The van der Waals surface area contributed by atoms with Crippen molar-refractivity contribution in [3.05, 3.63) is 30.0 Å². The topological polar surface area (TPSA) is 83.5 Å². The summed E-state index contributed by atoms with van der Waals surface area (Å²) in [5, 5.41) is 9.60. The number of carbonyl (C=O) groups is 1. The molecule has 0 saturated carbocycles. The van der Waals surface area contributed by atoms with Crippen LogP contribution in [-0.4, -0.2) is 43.8 Å². The van der Waals surface area contributed by atoms with Crippen molar-refractivity contribution < 1.29 is 33.6 Å². The normalized spacial score (nSPS) is 29.6. The molecule has 0 amide bonds. The molecular weight excluding hydrogens is 292 g/mol. The predicted molar refractivity (Wildman–Crippen MR) is 73.6 cm³/mol. The Balaban J connectivity index is 2.18. The van der Waals surface area contributed by atoms with Crippen LogP contribution in [0.3, 0.4) is 0 Å². The first-order chi connectivity index (χ1) is 10.5. The summed E-state index contributed by atoms with van der Waals surface area (Å²) in [6.45, 7) is 0. The van der Waals surface area contributed by atoms with Crippen molar-refractivity contribution in [1.29, 1.82) is 0 Å². The summed E-state index contributed by atoms with van der Waals surface area (Å²) in [4.78, 5) is 12.6. The lowest BCUT2D eigenvalue weighted by Crippen LogP contribution is -2.70. The van der Waals surface area contributed by atoms with Gasteiger partial charge in [-0.3, -0.25) is 4.79 Å². The third kappa shape index (κ3) is 1.79. The molecule has 118 valence electrons. The lowest BCUT2D eigenvalue weighted by molar-refractivity contribution is -0.343. The second kappa shape index (κ2) is 4.89. The minimum Gasteiger partial charge on any atom is -0.508 e. The highest BCUT2D eigenvalue weighted by molar-refractivity contribution is 5.99. The molecule has 3 rings (SSSR count). The van der Waals surface area contributed by atoms with Crippen molar-refractivity contribution in [2.24, 2.45) is 0 Å². The number of aromatic hydroxyl groups is 1. The molecule has 7 heteroatoms. The van der Waals surface area contributed by atoms with E-state index in [1.54, 1.807) is 0 Å². The van der Waals surface area contributed by atoms with Crippen LogP contribution in [-0.2, 0) is 19.0 Å². The Labute approximate surface area is 127 Å². The van der Waals surface area contributed by atoms with Gasteiger partial charge in [-0.05, 0) is 12.1 Å². The van der Waals surface area contributed by atoms with Gasteiger partial charge in [0.15, 0.2) is 11.5 Å². The molecule has 1 aliphatic heterocycles.